The highest BCUT2D eigenvalue weighted by molar-refractivity contribution is 5.86. The van der Waals surface area contributed by atoms with Gasteiger partial charge < -0.3 is 20.4 Å². The molecule has 4 rings (SSSR count). The van der Waals surface area contributed by atoms with Gasteiger partial charge in [0.2, 0.25) is 0 Å². The van der Waals surface area contributed by atoms with E-state index in [1.807, 2.05) is 19.1 Å². The fourth-order valence-corrected chi connectivity index (χ4v) is 7.40. The van der Waals surface area contributed by atoms with E-state index in [0.29, 0.717) is 19.3 Å². The van der Waals surface area contributed by atoms with Crippen molar-refractivity contribution in [1.29, 1.82) is 0 Å². The molecule has 0 heterocycles. The number of ketones is 1. The highest BCUT2D eigenvalue weighted by Crippen LogP contribution is 2.67. The van der Waals surface area contributed by atoms with Crippen molar-refractivity contribution in [2.75, 3.05) is 0 Å². The second-order valence-corrected chi connectivity index (χ2v) is 9.82. The molecule has 26 heavy (non-hydrogen) atoms. The molecule has 0 bridgehead atoms. The molecule has 3 fully saturated rings. The van der Waals surface area contributed by atoms with Gasteiger partial charge in [0.25, 0.3) is 0 Å². The maximum Gasteiger partial charge on any atom is 0.161 e. The van der Waals surface area contributed by atoms with E-state index in [1.54, 1.807) is 0 Å². The van der Waals surface area contributed by atoms with Crippen LogP contribution in [0, 0.1) is 34.5 Å². The lowest BCUT2D eigenvalue weighted by Gasteiger charge is -2.62. The minimum Gasteiger partial charge on any atom is -0.390 e. The summed E-state index contributed by atoms with van der Waals surface area (Å²) in [5, 5.41) is 43.2. The Labute approximate surface area is 155 Å². The summed E-state index contributed by atoms with van der Waals surface area (Å²) in [6.07, 6.45) is 4.68. The zero-order valence-electron chi connectivity index (χ0n) is 15.9. The van der Waals surface area contributed by atoms with Gasteiger partial charge in [0.1, 0.15) is 5.60 Å². The highest BCUT2D eigenvalue weighted by atomic mass is 16.3. The fourth-order valence-electron chi connectivity index (χ4n) is 7.40. The predicted octanol–water partition coefficient (Wildman–Crippen LogP) is 1.43. The number of aliphatic hydroxyl groups is 4. The van der Waals surface area contributed by atoms with Crippen LogP contribution < -0.4 is 0 Å². The molecule has 3 saturated carbocycles. The van der Waals surface area contributed by atoms with Crippen molar-refractivity contribution in [3.05, 3.63) is 12.2 Å². The summed E-state index contributed by atoms with van der Waals surface area (Å²) < 4.78 is 0. The average Bonchev–Trinajstić information content (AvgIpc) is 2.87. The van der Waals surface area contributed by atoms with Gasteiger partial charge in [-0.2, -0.15) is 0 Å². The van der Waals surface area contributed by atoms with Gasteiger partial charge in [-0.05, 0) is 68.1 Å². The zero-order valence-corrected chi connectivity index (χ0v) is 15.9. The molecule has 0 aromatic carbocycles. The third kappa shape index (κ3) is 2.09. The molecule has 1 unspecified atom stereocenters. The van der Waals surface area contributed by atoms with E-state index in [9.17, 15) is 25.2 Å². The van der Waals surface area contributed by atoms with E-state index in [0.717, 1.165) is 12.8 Å². The van der Waals surface area contributed by atoms with Crippen molar-refractivity contribution in [3.63, 3.8) is 0 Å². The largest absolute Gasteiger partial charge is 0.390 e. The molecule has 0 radical (unpaired) electrons. The SMILES string of the molecule is CC(=O)[C@@]1(O)CC[C@H]2[C@@H]3[C@H](O)[C@@H](O)C4C[C@H](O)C=C[C@]4(C)[C@H]3CC[C@@]21C. The van der Waals surface area contributed by atoms with E-state index in [4.69, 9.17) is 0 Å². The van der Waals surface area contributed by atoms with E-state index < -0.39 is 29.3 Å². The number of aliphatic hydroxyl groups excluding tert-OH is 3. The third-order valence-corrected chi connectivity index (χ3v) is 8.99. The summed E-state index contributed by atoms with van der Waals surface area (Å²) in [6, 6.07) is 0. The van der Waals surface area contributed by atoms with Gasteiger partial charge in [-0.25, -0.2) is 0 Å². The van der Waals surface area contributed by atoms with Gasteiger partial charge in [0.05, 0.1) is 18.3 Å². The van der Waals surface area contributed by atoms with Gasteiger partial charge >= 0.3 is 0 Å². The molecule has 146 valence electrons. The first-order valence-electron chi connectivity index (χ1n) is 10.0. The topological polar surface area (TPSA) is 98.0 Å². The van der Waals surface area contributed by atoms with E-state index >= 15 is 0 Å². The summed E-state index contributed by atoms with van der Waals surface area (Å²) >= 11 is 0. The Balaban J connectivity index is 1.77. The Hall–Kier alpha value is -0.750. The normalized spacial score (nSPS) is 58.7. The minimum atomic E-state index is -1.33. The Kier molecular flexibility index (Phi) is 4.03. The number of hydrogen-bond acceptors (Lipinski definition) is 5. The van der Waals surface area contributed by atoms with E-state index in [1.165, 1.54) is 6.92 Å². The van der Waals surface area contributed by atoms with E-state index in [2.05, 4.69) is 6.92 Å². The second-order valence-electron chi connectivity index (χ2n) is 9.82. The molecule has 5 nitrogen and oxygen atoms in total. The molecule has 4 aliphatic rings. The monoisotopic (exact) mass is 364 g/mol. The maximum atomic E-state index is 12.3. The molecule has 0 spiro atoms. The number of fused-ring (bicyclic) bond motifs is 5. The molecule has 0 amide bonds. The van der Waals surface area contributed by atoms with Crippen LogP contribution in [0.4, 0.5) is 0 Å². The lowest BCUT2D eigenvalue weighted by Crippen LogP contribution is -2.65. The van der Waals surface area contributed by atoms with Crippen LogP contribution in [0.1, 0.15) is 52.9 Å². The lowest BCUT2D eigenvalue weighted by molar-refractivity contribution is -0.210. The van der Waals surface area contributed by atoms with Gasteiger partial charge in [0.15, 0.2) is 5.78 Å². The summed E-state index contributed by atoms with van der Waals surface area (Å²) in [4.78, 5) is 12.3. The summed E-state index contributed by atoms with van der Waals surface area (Å²) in [5.41, 5.74) is -2.16. The van der Waals surface area contributed by atoms with Crippen LogP contribution in [0.3, 0.4) is 0 Å². The van der Waals surface area contributed by atoms with Crippen molar-refractivity contribution in [2.24, 2.45) is 34.5 Å². The van der Waals surface area contributed by atoms with Crippen LogP contribution >= 0.6 is 0 Å². The van der Waals surface area contributed by atoms with Crippen LogP contribution in [-0.4, -0.2) is 50.1 Å². The number of rotatable bonds is 1. The molecule has 0 aromatic rings. The van der Waals surface area contributed by atoms with Gasteiger partial charge in [-0.3, -0.25) is 4.79 Å². The first-order valence-corrected chi connectivity index (χ1v) is 10.0. The Morgan fingerprint density at radius 2 is 1.65 bits per heavy atom. The van der Waals surface area contributed by atoms with Gasteiger partial charge in [-0.15, -0.1) is 0 Å². The Morgan fingerprint density at radius 1 is 1.00 bits per heavy atom. The predicted molar refractivity (Wildman–Crippen MR) is 96.1 cm³/mol. The van der Waals surface area contributed by atoms with Crippen LogP contribution in [0.15, 0.2) is 12.2 Å². The standard InChI is InChI=1S/C21H32O5/c1-11(22)21(26)9-6-14-16-13(5-8-20(14,21)3)19(2)7-4-12(23)10-15(19)17(24)18(16)25/h4,7,12-18,23-26H,5-6,8-10H2,1-3H3/t12-,13+,14+,15?,16-,17+,18+,19-,20+,21+/m1/s1. The molecule has 4 aliphatic carbocycles. The van der Waals surface area contributed by atoms with Crippen molar-refractivity contribution in [3.8, 4) is 0 Å². The van der Waals surface area contributed by atoms with Crippen LogP contribution in [-0.2, 0) is 4.79 Å². The summed E-state index contributed by atoms with van der Waals surface area (Å²) in [6.45, 7) is 5.60. The Bertz CT molecular complexity index is 646. The molecule has 4 N–H and O–H groups in total. The Morgan fingerprint density at radius 3 is 2.31 bits per heavy atom. The van der Waals surface area contributed by atoms with Crippen molar-refractivity contribution < 1.29 is 25.2 Å². The first-order chi connectivity index (χ1) is 12.1. The van der Waals surface area contributed by atoms with Crippen LogP contribution in [0.5, 0.6) is 0 Å². The molecular formula is C21H32O5. The molecule has 0 aromatic heterocycles. The number of carbonyl (C=O) groups is 1. The number of carbonyl (C=O) groups excluding carboxylic acids is 1. The molecule has 10 atom stereocenters. The molecular weight excluding hydrogens is 332 g/mol. The minimum absolute atomic E-state index is 0.0119. The number of hydrogen-bond donors (Lipinski definition) is 4. The summed E-state index contributed by atoms with van der Waals surface area (Å²) in [5.74, 6) is -0.300. The molecule has 0 aliphatic heterocycles. The average molecular weight is 364 g/mol. The van der Waals surface area contributed by atoms with Crippen molar-refractivity contribution in [2.45, 2.75) is 76.8 Å². The summed E-state index contributed by atoms with van der Waals surface area (Å²) in [7, 11) is 0. The van der Waals surface area contributed by atoms with Crippen molar-refractivity contribution >= 4 is 5.78 Å². The van der Waals surface area contributed by atoms with Gasteiger partial charge in [0, 0.05) is 5.41 Å². The lowest BCUT2D eigenvalue weighted by atomic mass is 9.44. The fraction of sp³-hybridized carbons (Fsp3) is 0.857. The van der Waals surface area contributed by atoms with E-state index in [-0.39, 0.29) is 34.9 Å². The maximum absolute atomic E-state index is 12.3. The third-order valence-electron chi connectivity index (χ3n) is 8.99. The van der Waals surface area contributed by atoms with Gasteiger partial charge in [-0.1, -0.05) is 26.0 Å². The number of Topliss-reactive ketones (excluding diaryl/α,β-unsaturated/α-hetero) is 1. The molecule has 5 heteroatoms. The smallest absolute Gasteiger partial charge is 0.161 e. The second kappa shape index (κ2) is 5.63. The molecule has 0 saturated heterocycles. The van der Waals surface area contributed by atoms with Crippen LogP contribution in [0.25, 0.3) is 0 Å². The highest BCUT2D eigenvalue weighted by Gasteiger charge is 2.68. The first kappa shape index (κ1) is 18.6. The number of allylic oxidation sites excluding steroid dienone is 1. The zero-order chi connectivity index (χ0) is 19.1. The quantitative estimate of drug-likeness (QED) is 0.528. The van der Waals surface area contributed by atoms with Crippen molar-refractivity contribution in [1.82, 2.24) is 0 Å². The van der Waals surface area contributed by atoms with Crippen LogP contribution in [0.2, 0.25) is 0 Å².